The Balaban J connectivity index is 2.03. The van der Waals surface area contributed by atoms with E-state index in [-0.39, 0.29) is 6.09 Å². The average molecular weight is 323 g/mol. The fourth-order valence-electron chi connectivity index (χ4n) is 2.81. The van der Waals surface area contributed by atoms with Crippen molar-refractivity contribution in [3.63, 3.8) is 0 Å². The van der Waals surface area contributed by atoms with Crippen molar-refractivity contribution >= 4 is 12.1 Å². The van der Waals surface area contributed by atoms with Crippen molar-refractivity contribution in [2.24, 2.45) is 12.5 Å². The lowest BCUT2D eigenvalue weighted by atomic mass is 9.75. The number of carbonyl (C=O) groups excluding carboxylic acids is 1. The number of piperidine rings is 1. The van der Waals surface area contributed by atoms with E-state index in [4.69, 9.17) is 4.74 Å². The molecule has 1 amide bonds. The SMILES string of the molecule is Cn1ccc(CC2(C(=O)O)CCN(C(=O)OC(C)(C)C)CC2)n1. The van der Waals surface area contributed by atoms with Crippen LogP contribution in [0, 0.1) is 5.41 Å². The quantitative estimate of drug-likeness (QED) is 0.920. The van der Waals surface area contributed by atoms with Crippen LogP contribution in [0.2, 0.25) is 0 Å². The molecule has 0 spiro atoms. The third kappa shape index (κ3) is 4.24. The van der Waals surface area contributed by atoms with E-state index < -0.39 is 17.0 Å². The third-order valence-corrected chi connectivity index (χ3v) is 4.11. The minimum absolute atomic E-state index is 0.380. The molecule has 7 nitrogen and oxygen atoms in total. The Morgan fingerprint density at radius 1 is 1.35 bits per heavy atom. The smallest absolute Gasteiger partial charge is 0.410 e. The number of nitrogens with zero attached hydrogens (tertiary/aromatic N) is 3. The summed E-state index contributed by atoms with van der Waals surface area (Å²) in [5, 5.41) is 14.0. The number of aromatic nitrogens is 2. The molecule has 1 fully saturated rings. The summed E-state index contributed by atoms with van der Waals surface area (Å²) >= 11 is 0. The second-order valence-electron chi connectivity index (χ2n) is 7.21. The second-order valence-corrected chi connectivity index (χ2v) is 7.21. The summed E-state index contributed by atoms with van der Waals surface area (Å²) in [5.74, 6) is -0.827. The van der Waals surface area contributed by atoms with Crippen LogP contribution in [0.15, 0.2) is 12.3 Å². The number of likely N-dealkylation sites (tertiary alicyclic amines) is 1. The van der Waals surface area contributed by atoms with Crippen molar-refractivity contribution in [1.29, 1.82) is 0 Å². The summed E-state index contributed by atoms with van der Waals surface area (Å²) in [4.78, 5) is 25.5. The Bertz CT molecular complexity index is 580. The number of carboxylic acid groups (broad SMARTS) is 1. The Morgan fingerprint density at radius 2 is 1.96 bits per heavy atom. The van der Waals surface area contributed by atoms with E-state index in [9.17, 15) is 14.7 Å². The zero-order valence-electron chi connectivity index (χ0n) is 14.2. The lowest BCUT2D eigenvalue weighted by Crippen LogP contribution is -2.48. The summed E-state index contributed by atoms with van der Waals surface area (Å²) in [6.07, 6.45) is 2.61. The van der Waals surface area contributed by atoms with Gasteiger partial charge in [-0.15, -0.1) is 0 Å². The first-order valence-electron chi connectivity index (χ1n) is 7.81. The minimum Gasteiger partial charge on any atom is -0.481 e. The number of aliphatic carboxylic acids is 1. The molecule has 1 aromatic heterocycles. The van der Waals surface area contributed by atoms with Crippen LogP contribution in [0.25, 0.3) is 0 Å². The highest BCUT2D eigenvalue weighted by molar-refractivity contribution is 5.76. The zero-order valence-corrected chi connectivity index (χ0v) is 14.2. The summed E-state index contributed by atoms with van der Waals surface area (Å²) in [5.41, 5.74) is -0.653. The van der Waals surface area contributed by atoms with Gasteiger partial charge < -0.3 is 14.7 Å². The minimum atomic E-state index is -0.868. The van der Waals surface area contributed by atoms with E-state index in [0.717, 1.165) is 5.69 Å². The molecule has 0 aromatic carbocycles. The van der Waals surface area contributed by atoms with Gasteiger partial charge in [0, 0.05) is 32.8 Å². The van der Waals surface area contributed by atoms with Crippen LogP contribution < -0.4 is 0 Å². The molecular formula is C16H25N3O4. The van der Waals surface area contributed by atoms with Crippen LogP contribution in [0.3, 0.4) is 0 Å². The molecule has 2 rings (SSSR count). The van der Waals surface area contributed by atoms with Crippen molar-refractivity contribution < 1.29 is 19.4 Å². The van der Waals surface area contributed by atoms with Crippen molar-refractivity contribution in [2.75, 3.05) is 13.1 Å². The monoisotopic (exact) mass is 323 g/mol. The van der Waals surface area contributed by atoms with Gasteiger partial charge in [0.05, 0.1) is 11.1 Å². The molecule has 2 heterocycles. The number of ether oxygens (including phenoxy) is 1. The van der Waals surface area contributed by atoms with Crippen LogP contribution in [-0.2, 0) is 23.0 Å². The maximum absolute atomic E-state index is 12.1. The third-order valence-electron chi connectivity index (χ3n) is 4.11. The van der Waals surface area contributed by atoms with E-state index in [1.807, 2.05) is 33.9 Å². The van der Waals surface area contributed by atoms with Crippen LogP contribution in [0.4, 0.5) is 4.79 Å². The number of rotatable bonds is 3. The highest BCUT2D eigenvalue weighted by Crippen LogP contribution is 2.35. The standard InChI is InChI=1S/C16H25N3O4/c1-15(2,3)23-14(22)19-9-6-16(7-10-19,13(20)21)11-12-5-8-18(4)17-12/h5,8H,6-7,9-11H2,1-4H3,(H,20,21). The summed E-state index contributed by atoms with van der Waals surface area (Å²) in [6, 6.07) is 1.84. The fraction of sp³-hybridized carbons (Fsp3) is 0.688. The Labute approximate surface area is 136 Å². The largest absolute Gasteiger partial charge is 0.481 e. The second kappa shape index (κ2) is 6.22. The van der Waals surface area contributed by atoms with E-state index in [2.05, 4.69) is 5.10 Å². The molecule has 1 N–H and O–H groups in total. The van der Waals surface area contributed by atoms with Crippen LogP contribution in [0.5, 0.6) is 0 Å². The fourth-order valence-corrected chi connectivity index (χ4v) is 2.81. The Kier molecular flexibility index (Phi) is 4.68. The van der Waals surface area contributed by atoms with Gasteiger partial charge in [0.1, 0.15) is 5.60 Å². The van der Waals surface area contributed by atoms with Crippen molar-refractivity contribution in [3.05, 3.63) is 18.0 Å². The van der Waals surface area contributed by atoms with Gasteiger partial charge in [-0.1, -0.05) is 0 Å². The van der Waals surface area contributed by atoms with Gasteiger partial charge in [0.15, 0.2) is 0 Å². The molecule has 1 aliphatic heterocycles. The highest BCUT2D eigenvalue weighted by Gasteiger charge is 2.43. The summed E-state index contributed by atoms with van der Waals surface area (Å²) in [6.45, 7) is 6.22. The molecular weight excluding hydrogens is 298 g/mol. The zero-order chi connectivity index (χ0) is 17.3. The number of carbonyl (C=O) groups is 2. The Morgan fingerprint density at radius 3 is 2.39 bits per heavy atom. The topological polar surface area (TPSA) is 84.7 Å². The number of aryl methyl sites for hydroxylation is 1. The van der Waals surface area contributed by atoms with Gasteiger partial charge >= 0.3 is 12.1 Å². The molecule has 128 valence electrons. The van der Waals surface area contributed by atoms with E-state index in [1.54, 1.807) is 15.8 Å². The van der Waals surface area contributed by atoms with E-state index in [0.29, 0.717) is 32.4 Å². The van der Waals surface area contributed by atoms with Crippen molar-refractivity contribution in [1.82, 2.24) is 14.7 Å². The molecule has 7 heteroatoms. The molecule has 0 bridgehead atoms. The van der Waals surface area contributed by atoms with Crippen LogP contribution in [0.1, 0.15) is 39.3 Å². The van der Waals surface area contributed by atoms with E-state index in [1.165, 1.54) is 0 Å². The number of amides is 1. The predicted molar refractivity (Wildman–Crippen MR) is 84.0 cm³/mol. The Hall–Kier alpha value is -2.05. The predicted octanol–water partition coefficient (Wildman–Crippen LogP) is 2.06. The summed E-state index contributed by atoms with van der Waals surface area (Å²) < 4.78 is 7.02. The molecule has 0 saturated carbocycles. The van der Waals surface area contributed by atoms with Crippen LogP contribution in [-0.4, -0.2) is 50.5 Å². The van der Waals surface area contributed by atoms with Gasteiger partial charge in [0.25, 0.3) is 0 Å². The molecule has 23 heavy (non-hydrogen) atoms. The van der Waals surface area contributed by atoms with Gasteiger partial charge in [-0.3, -0.25) is 9.48 Å². The van der Waals surface area contributed by atoms with Gasteiger partial charge in [-0.25, -0.2) is 4.79 Å². The van der Waals surface area contributed by atoms with Crippen molar-refractivity contribution in [2.45, 2.75) is 45.6 Å². The van der Waals surface area contributed by atoms with Gasteiger partial charge in [-0.05, 0) is 39.7 Å². The molecule has 1 saturated heterocycles. The number of hydrogen-bond acceptors (Lipinski definition) is 4. The van der Waals surface area contributed by atoms with Crippen molar-refractivity contribution in [3.8, 4) is 0 Å². The first-order chi connectivity index (χ1) is 10.6. The first-order valence-corrected chi connectivity index (χ1v) is 7.81. The van der Waals surface area contributed by atoms with Crippen LogP contribution >= 0.6 is 0 Å². The number of carboxylic acids is 1. The first kappa shape index (κ1) is 17.3. The van der Waals surface area contributed by atoms with Gasteiger partial charge in [0.2, 0.25) is 0 Å². The molecule has 0 aliphatic carbocycles. The molecule has 1 aromatic rings. The average Bonchev–Trinajstić information content (AvgIpc) is 2.82. The maximum atomic E-state index is 12.1. The number of hydrogen-bond donors (Lipinski definition) is 1. The molecule has 0 unspecified atom stereocenters. The van der Waals surface area contributed by atoms with E-state index >= 15 is 0 Å². The maximum Gasteiger partial charge on any atom is 0.410 e. The van der Waals surface area contributed by atoms with Gasteiger partial charge in [-0.2, -0.15) is 5.10 Å². The lowest BCUT2D eigenvalue weighted by molar-refractivity contribution is -0.152. The molecule has 0 radical (unpaired) electrons. The normalized spacial score (nSPS) is 17.8. The molecule has 0 atom stereocenters. The summed E-state index contributed by atoms with van der Waals surface area (Å²) in [7, 11) is 1.81. The molecule has 1 aliphatic rings. The highest BCUT2D eigenvalue weighted by atomic mass is 16.6. The lowest BCUT2D eigenvalue weighted by Gasteiger charge is -2.39.